The third-order valence-corrected chi connectivity index (χ3v) is 3.61. The molecule has 106 valence electrons. The molecule has 6 heteroatoms. The van der Waals surface area contributed by atoms with Crippen molar-refractivity contribution in [1.82, 2.24) is 15.3 Å². The molecule has 0 aliphatic carbocycles. The van der Waals surface area contributed by atoms with Crippen molar-refractivity contribution in [2.75, 3.05) is 24.5 Å². The first kappa shape index (κ1) is 14.3. The summed E-state index contributed by atoms with van der Waals surface area (Å²) in [7, 11) is 0. The lowest BCUT2D eigenvalue weighted by Gasteiger charge is -2.28. The molecule has 1 aromatic heterocycles. The second kappa shape index (κ2) is 6.39. The van der Waals surface area contributed by atoms with Gasteiger partial charge in [-0.1, -0.05) is 25.4 Å². The van der Waals surface area contributed by atoms with Gasteiger partial charge in [-0.15, -0.1) is 0 Å². The van der Waals surface area contributed by atoms with Crippen LogP contribution in [0.1, 0.15) is 26.7 Å². The van der Waals surface area contributed by atoms with Crippen molar-refractivity contribution in [3.05, 3.63) is 21.7 Å². The highest BCUT2D eigenvalue weighted by molar-refractivity contribution is 6.32. The molecule has 2 rings (SSSR count). The van der Waals surface area contributed by atoms with E-state index >= 15 is 0 Å². The summed E-state index contributed by atoms with van der Waals surface area (Å²) < 4.78 is 0. The zero-order valence-electron chi connectivity index (χ0n) is 11.4. The molecule has 1 aliphatic heterocycles. The topological polar surface area (TPSA) is 61.0 Å². The van der Waals surface area contributed by atoms with Gasteiger partial charge >= 0.3 is 0 Å². The first-order valence-corrected chi connectivity index (χ1v) is 7.17. The lowest BCUT2D eigenvalue weighted by Crippen LogP contribution is -2.40. The van der Waals surface area contributed by atoms with Gasteiger partial charge in [0.25, 0.3) is 5.56 Å². The van der Waals surface area contributed by atoms with Gasteiger partial charge in [-0.05, 0) is 25.3 Å². The fourth-order valence-electron chi connectivity index (χ4n) is 2.46. The molecule has 1 aromatic rings. The van der Waals surface area contributed by atoms with E-state index in [1.807, 2.05) is 0 Å². The van der Waals surface area contributed by atoms with Gasteiger partial charge in [0.2, 0.25) is 0 Å². The van der Waals surface area contributed by atoms with Crippen molar-refractivity contribution < 1.29 is 0 Å². The van der Waals surface area contributed by atoms with E-state index in [-0.39, 0.29) is 10.6 Å². The third kappa shape index (κ3) is 3.70. The van der Waals surface area contributed by atoms with E-state index in [0.717, 1.165) is 26.1 Å². The van der Waals surface area contributed by atoms with E-state index in [0.29, 0.717) is 17.8 Å². The molecule has 1 unspecified atom stereocenters. The van der Waals surface area contributed by atoms with Gasteiger partial charge in [0.15, 0.2) is 5.82 Å². The van der Waals surface area contributed by atoms with Crippen molar-refractivity contribution in [3.63, 3.8) is 0 Å². The number of aromatic amines is 1. The average Bonchev–Trinajstić information content (AvgIpc) is 2.84. The Morgan fingerprint density at radius 3 is 3.00 bits per heavy atom. The molecular formula is C13H21ClN4O. The van der Waals surface area contributed by atoms with Crippen LogP contribution in [0.15, 0.2) is 11.1 Å². The Kier molecular flexibility index (Phi) is 4.82. The summed E-state index contributed by atoms with van der Waals surface area (Å²) >= 11 is 6.09. The second-order valence-electron chi connectivity index (χ2n) is 5.46. The van der Waals surface area contributed by atoms with Crippen LogP contribution in [0.2, 0.25) is 5.02 Å². The first-order chi connectivity index (χ1) is 9.08. The van der Waals surface area contributed by atoms with Crippen molar-refractivity contribution in [3.8, 4) is 0 Å². The predicted octanol–water partition coefficient (Wildman–Crippen LogP) is 1.64. The smallest absolute Gasteiger partial charge is 0.271 e. The van der Waals surface area contributed by atoms with Gasteiger partial charge in [0, 0.05) is 19.1 Å². The fourth-order valence-corrected chi connectivity index (χ4v) is 2.68. The van der Waals surface area contributed by atoms with Crippen LogP contribution in [0.25, 0.3) is 0 Å². The highest BCUT2D eigenvalue weighted by Crippen LogP contribution is 2.21. The summed E-state index contributed by atoms with van der Waals surface area (Å²) in [5.74, 6) is 1.08. The van der Waals surface area contributed by atoms with Gasteiger partial charge in [0.05, 0.1) is 6.33 Å². The standard InChI is InChI=1S/C13H21ClN4O/c1-9(2)6-18(7-10-4-3-5-15-10)12-11(14)13(19)17-8-16-12/h8-10,15H,3-7H2,1-2H3,(H,16,17,19). The van der Waals surface area contributed by atoms with Crippen molar-refractivity contribution in [2.45, 2.75) is 32.7 Å². The Morgan fingerprint density at radius 2 is 2.37 bits per heavy atom. The number of nitrogens with one attached hydrogen (secondary N) is 2. The van der Waals surface area contributed by atoms with E-state index in [1.165, 1.54) is 12.7 Å². The maximum atomic E-state index is 11.6. The van der Waals surface area contributed by atoms with Crippen LogP contribution in [0.3, 0.4) is 0 Å². The van der Waals surface area contributed by atoms with Crippen molar-refractivity contribution >= 4 is 17.4 Å². The van der Waals surface area contributed by atoms with Crippen LogP contribution in [0, 0.1) is 5.92 Å². The predicted molar refractivity (Wildman–Crippen MR) is 77.9 cm³/mol. The summed E-state index contributed by atoms with van der Waals surface area (Å²) in [6.07, 6.45) is 3.78. The minimum atomic E-state index is -0.278. The second-order valence-corrected chi connectivity index (χ2v) is 5.84. The number of hydrogen-bond acceptors (Lipinski definition) is 4. The minimum Gasteiger partial charge on any atom is -0.353 e. The van der Waals surface area contributed by atoms with Gasteiger partial charge in [0.1, 0.15) is 5.02 Å². The third-order valence-electron chi connectivity index (χ3n) is 3.27. The quantitative estimate of drug-likeness (QED) is 0.863. The van der Waals surface area contributed by atoms with Crippen LogP contribution in [-0.4, -0.2) is 35.6 Å². The lowest BCUT2D eigenvalue weighted by atomic mass is 10.1. The highest BCUT2D eigenvalue weighted by atomic mass is 35.5. The Bertz CT molecular complexity index is 468. The van der Waals surface area contributed by atoms with E-state index in [9.17, 15) is 4.79 Å². The average molecular weight is 285 g/mol. The summed E-state index contributed by atoms with van der Waals surface area (Å²) in [4.78, 5) is 20.5. The molecule has 0 radical (unpaired) electrons. The van der Waals surface area contributed by atoms with Crippen LogP contribution < -0.4 is 15.8 Å². The fraction of sp³-hybridized carbons (Fsp3) is 0.692. The van der Waals surface area contributed by atoms with Gasteiger partial charge < -0.3 is 15.2 Å². The molecule has 0 aromatic carbocycles. The number of aromatic nitrogens is 2. The molecule has 5 nitrogen and oxygen atoms in total. The van der Waals surface area contributed by atoms with Crippen molar-refractivity contribution in [2.24, 2.45) is 5.92 Å². The van der Waals surface area contributed by atoms with Crippen LogP contribution in [0.5, 0.6) is 0 Å². The molecule has 2 heterocycles. The molecule has 1 atom stereocenters. The maximum absolute atomic E-state index is 11.6. The zero-order chi connectivity index (χ0) is 13.8. The van der Waals surface area contributed by atoms with E-state index in [1.54, 1.807) is 0 Å². The Morgan fingerprint density at radius 1 is 1.58 bits per heavy atom. The molecular weight excluding hydrogens is 264 g/mol. The molecule has 1 aliphatic rings. The summed E-state index contributed by atoms with van der Waals surface area (Å²) in [5.41, 5.74) is -0.278. The molecule has 0 bridgehead atoms. The summed E-state index contributed by atoms with van der Waals surface area (Å²) in [6, 6.07) is 0.455. The molecule has 2 N–H and O–H groups in total. The number of halogens is 1. The first-order valence-electron chi connectivity index (χ1n) is 6.79. The number of nitrogens with zero attached hydrogens (tertiary/aromatic N) is 2. The number of hydrogen-bond donors (Lipinski definition) is 2. The Labute approximate surface area is 118 Å². The molecule has 0 amide bonds. The van der Waals surface area contributed by atoms with Crippen LogP contribution in [0.4, 0.5) is 5.82 Å². The Hall–Kier alpha value is -1.07. The highest BCUT2D eigenvalue weighted by Gasteiger charge is 2.22. The molecule has 0 spiro atoms. The number of anilines is 1. The van der Waals surface area contributed by atoms with Crippen molar-refractivity contribution in [1.29, 1.82) is 0 Å². The maximum Gasteiger partial charge on any atom is 0.271 e. The minimum absolute atomic E-state index is 0.182. The molecule has 0 saturated carbocycles. The Balaban J connectivity index is 2.20. The van der Waals surface area contributed by atoms with Crippen LogP contribution in [-0.2, 0) is 0 Å². The zero-order valence-corrected chi connectivity index (χ0v) is 12.2. The van der Waals surface area contributed by atoms with E-state index < -0.39 is 0 Å². The van der Waals surface area contributed by atoms with E-state index in [4.69, 9.17) is 11.6 Å². The molecule has 1 saturated heterocycles. The van der Waals surface area contributed by atoms with Gasteiger partial charge in [-0.2, -0.15) is 0 Å². The largest absolute Gasteiger partial charge is 0.353 e. The molecule has 1 fully saturated rings. The summed E-state index contributed by atoms with van der Waals surface area (Å²) in [5, 5.41) is 3.65. The van der Waals surface area contributed by atoms with Gasteiger partial charge in [-0.25, -0.2) is 4.98 Å². The lowest BCUT2D eigenvalue weighted by molar-refractivity contribution is 0.537. The number of H-pyrrole nitrogens is 1. The monoisotopic (exact) mass is 284 g/mol. The normalized spacial score (nSPS) is 19.1. The molecule has 19 heavy (non-hydrogen) atoms. The van der Waals surface area contributed by atoms with E-state index in [2.05, 4.69) is 34.0 Å². The SMILES string of the molecule is CC(C)CN(CC1CCCN1)c1nc[nH]c(=O)c1Cl. The summed E-state index contributed by atoms with van der Waals surface area (Å²) in [6.45, 7) is 7.05. The van der Waals surface area contributed by atoms with Crippen LogP contribution >= 0.6 is 11.6 Å². The number of rotatable bonds is 5. The van der Waals surface area contributed by atoms with Gasteiger partial charge in [-0.3, -0.25) is 4.79 Å².